The van der Waals surface area contributed by atoms with E-state index in [0.717, 1.165) is 5.57 Å². The molecule has 0 aromatic carbocycles. The fourth-order valence-electron chi connectivity index (χ4n) is 0.841. The number of hydrogen-bond donors (Lipinski definition) is 2. The average molecular weight is 149 g/mol. The van der Waals surface area contributed by atoms with Gasteiger partial charge in [0.1, 0.15) is 0 Å². The molecule has 0 saturated carbocycles. The Bertz CT molecular complexity index is 255. The molecule has 1 aliphatic carbocycles. The molecule has 0 saturated heterocycles. The van der Waals surface area contributed by atoms with E-state index >= 15 is 0 Å². The predicted molar refractivity (Wildman–Crippen MR) is 44.7 cm³/mol. The smallest absolute Gasteiger partial charge is 0.0747 e. The molecule has 2 heteroatoms. The Kier molecular flexibility index (Phi) is 2.73. The van der Waals surface area contributed by atoms with Crippen LogP contribution in [0.1, 0.15) is 6.42 Å². The van der Waals surface area contributed by atoms with Crippen molar-refractivity contribution in [3.63, 3.8) is 0 Å². The highest BCUT2D eigenvalue weighted by molar-refractivity contribution is 5.32. The third kappa shape index (κ3) is 2.46. The van der Waals surface area contributed by atoms with Crippen LogP contribution in [0.5, 0.6) is 0 Å². The summed E-state index contributed by atoms with van der Waals surface area (Å²) in [5.41, 5.74) is 10.0. The Morgan fingerprint density at radius 1 is 1.45 bits per heavy atom. The predicted octanol–water partition coefficient (Wildman–Crippen LogP) is 0.863. The molecule has 0 aliphatic heterocycles. The quantitative estimate of drug-likeness (QED) is 0.572. The second kappa shape index (κ2) is 3.81. The maximum absolute atomic E-state index is 8.63. The van der Waals surface area contributed by atoms with Gasteiger partial charge in [0.15, 0.2) is 0 Å². The van der Waals surface area contributed by atoms with E-state index in [-0.39, 0.29) is 6.61 Å². The van der Waals surface area contributed by atoms with E-state index < -0.39 is 0 Å². The fourth-order valence-corrected chi connectivity index (χ4v) is 0.841. The summed E-state index contributed by atoms with van der Waals surface area (Å²) < 4.78 is 0. The van der Waals surface area contributed by atoms with E-state index in [4.69, 9.17) is 10.8 Å². The summed E-state index contributed by atoms with van der Waals surface area (Å²) in [4.78, 5) is 0. The van der Waals surface area contributed by atoms with Gasteiger partial charge < -0.3 is 10.8 Å². The van der Waals surface area contributed by atoms with Crippen LogP contribution in [0.25, 0.3) is 0 Å². The maximum Gasteiger partial charge on any atom is 0.0747 e. The number of allylic oxidation sites excluding steroid dienone is 3. The topological polar surface area (TPSA) is 46.2 Å². The second-order valence-electron chi connectivity index (χ2n) is 2.31. The highest BCUT2D eigenvalue weighted by Gasteiger charge is 1.91. The van der Waals surface area contributed by atoms with Gasteiger partial charge in [-0.15, -0.1) is 0 Å². The maximum atomic E-state index is 8.63. The van der Waals surface area contributed by atoms with Crippen LogP contribution >= 0.6 is 0 Å². The van der Waals surface area contributed by atoms with Crippen molar-refractivity contribution in [1.29, 1.82) is 0 Å². The van der Waals surface area contributed by atoms with Gasteiger partial charge >= 0.3 is 0 Å². The molecule has 0 heterocycles. The Morgan fingerprint density at radius 2 is 2.27 bits per heavy atom. The first kappa shape index (κ1) is 7.86. The van der Waals surface area contributed by atoms with Gasteiger partial charge in [0.05, 0.1) is 5.70 Å². The monoisotopic (exact) mass is 149 g/mol. The zero-order chi connectivity index (χ0) is 8.10. The molecule has 0 spiro atoms. The molecule has 1 aliphatic rings. The van der Waals surface area contributed by atoms with Gasteiger partial charge in [0.2, 0.25) is 0 Å². The van der Waals surface area contributed by atoms with Crippen molar-refractivity contribution in [2.45, 2.75) is 6.42 Å². The minimum absolute atomic E-state index is 0.171. The zero-order valence-electron chi connectivity index (χ0n) is 6.25. The standard InChI is InChI=1S/C9H11NO/c10-9-3-1-2-8(4-5-9)6-7-11/h1-2,4-5,11H,6-7,10H2. The van der Waals surface area contributed by atoms with Crippen LogP contribution in [0.3, 0.4) is 0 Å². The lowest BCUT2D eigenvalue weighted by Gasteiger charge is -1.94. The average Bonchev–Trinajstić information content (AvgIpc) is 2.17. The number of aliphatic hydroxyl groups is 1. The van der Waals surface area contributed by atoms with Gasteiger partial charge in [-0.3, -0.25) is 0 Å². The van der Waals surface area contributed by atoms with Gasteiger partial charge in [-0.1, -0.05) is 17.9 Å². The lowest BCUT2D eigenvalue weighted by molar-refractivity contribution is 0.300. The van der Waals surface area contributed by atoms with Crippen molar-refractivity contribution in [2.24, 2.45) is 5.73 Å². The Hall–Kier alpha value is -1.24. The highest BCUT2D eigenvalue weighted by Crippen LogP contribution is 2.06. The molecule has 1 rings (SSSR count). The van der Waals surface area contributed by atoms with Gasteiger partial charge in [0, 0.05) is 6.61 Å². The summed E-state index contributed by atoms with van der Waals surface area (Å²) in [6.07, 6.45) is 8.00. The van der Waals surface area contributed by atoms with Crippen LogP contribution in [0.4, 0.5) is 0 Å². The molecule has 0 fully saturated rings. The molecule has 0 unspecified atom stereocenters. The van der Waals surface area contributed by atoms with Gasteiger partial charge in [-0.05, 0) is 24.1 Å². The first-order valence-electron chi connectivity index (χ1n) is 3.53. The first-order valence-corrected chi connectivity index (χ1v) is 3.53. The number of aliphatic hydroxyl groups excluding tert-OH is 1. The van der Waals surface area contributed by atoms with Crippen molar-refractivity contribution in [3.05, 3.63) is 41.3 Å². The molecular formula is C9H11NO. The molecule has 0 radical (unpaired) electrons. The molecular weight excluding hydrogens is 138 g/mol. The second-order valence-corrected chi connectivity index (χ2v) is 2.31. The Labute approximate surface area is 66.0 Å². The summed E-state index contributed by atoms with van der Waals surface area (Å²) in [7, 11) is 0. The van der Waals surface area contributed by atoms with Gasteiger partial charge in [-0.2, -0.15) is 0 Å². The highest BCUT2D eigenvalue weighted by atomic mass is 16.2. The van der Waals surface area contributed by atoms with E-state index in [9.17, 15) is 0 Å². The minimum atomic E-state index is 0.171. The van der Waals surface area contributed by atoms with Crippen LogP contribution in [0.2, 0.25) is 0 Å². The fraction of sp³-hybridized carbons (Fsp3) is 0.222. The van der Waals surface area contributed by atoms with Crippen molar-refractivity contribution >= 4 is 0 Å². The molecule has 58 valence electrons. The SMILES string of the molecule is NC1=C=CC=C(CCO)C=C1. The number of nitrogens with two attached hydrogens (primary N) is 1. The normalized spacial score (nSPS) is 15.7. The van der Waals surface area contributed by atoms with Crippen molar-refractivity contribution < 1.29 is 5.11 Å². The summed E-state index contributed by atoms with van der Waals surface area (Å²) >= 11 is 0. The lowest BCUT2D eigenvalue weighted by Crippen LogP contribution is -1.89. The minimum Gasteiger partial charge on any atom is -0.396 e. The van der Waals surface area contributed by atoms with E-state index in [0.29, 0.717) is 12.1 Å². The third-order valence-corrected chi connectivity index (χ3v) is 1.42. The molecule has 3 N–H and O–H groups in total. The number of rotatable bonds is 2. The van der Waals surface area contributed by atoms with Crippen LogP contribution < -0.4 is 5.73 Å². The molecule has 11 heavy (non-hydrogen) atoms. The van der Waals surface area contributed by atoms with E-state index in [2.05, 4.69) is 5.73 Å². The van der Waals surface area contributed by atoms with Gasteiger partial charge in [0.25, 0.3) is 0 Å². The van der Waals surface area contributed by atoms with E-state index in [1.165, 1.54) is 0 Å². The van der Waals surface area contributed by atoms with Crippen LogP contribution in [-0.4, -0.2) is 11.7 Å². The Balaban J connectivity index is 2.70. The molecule has 0 aromatic heterocycles. The van der Waals surface area contributed by atoms with Crippen LogP contribution in [-0.2, 0) is 0 Å². The van der Waals surface area contributed by atoms with E-state index in [1.807, 2.05) is 12.2 Å². The molecule has 0 bridgehead atoms. The van der Waals surface area contributed by atoms with Crippen LogP contribution in [0, 0.1) is 0 Å². The third-order valence-electron chi connectivity index (χ3n) is 1.42. The lowest BCUT2D eigenvalue weighted by atomic mass is 10.2. The molecule has 2 nitrogen and oxygen atoms in total. The Morgan fingerprint density at radius 3 is 3.00 bits per heavy atom. The summed E-state index contributed by atoms with van der Waals surface area (Å²) in [5.74, 6) is 0. The number of hydrogen-bond acceptors (Lipinski definition) is 2. The molecule has 0 aromatic rings. The zero-order valence-corrected chi connectivity index (χ0v) is 6.25. The largest absolute Gasteiger partial charge is 0.396 e. The molecule has 0 amide bonds. The summed E-state index contributed by atoms with van der Waals surface area (Å²) in [6, 6.07) is 0. The van der Waals surface area contributed by atoms with Crippen LogP contribution in [0.15, 0.2) is 41.3 Å². The summed E-state index contributed by atoms with van der Waals surface area (Å²) in [5, 5.41) is 8.63. The summed E-state index contributed by atoms with van der Waals surface area (Å²) in [6.45, 7) is 0.171. The molecule has 0 atom stereocenters. The van der Waals surface area contributed by atoms with Gasteiger partial charge in [-0.25, -0.2) is 0 Å². The van der Waals surface area contributed by atoms with E-state index in [1.54, 1.807) is 12.2 Å². The van der Waals surface area contributed by atoms with Crippen molar-refractivity contribution in [2.75, 3.05) is 6.61 Å². The van der Waals surface area contributed by atoms with Crippen molar-refractivity contribution in [1.82, 2.24) is 0 Å². The van der Waals surface area contributed by atoms with Crippen molar-refractivity contribution in [3.8, 4) is 0 Å². The first-order chi connectivity index (χ1) is 5.33.